The summed E-state index contributed by atoms with van der Waals surface area (Å²) in [6, 6.07) is 8.99. The molecule has 0 aliphatic carbocycles. The maximum atomic E-state index is 12.3. The fourth-order valence-corrected chi connectivity index (χ4v) is 2.48. The van der Waals surface area contributed by atoms with Gasteiger partial charge in [0.1, 0.15) is 5.40 Å². The standard InChI is InChI=1S/C15H17NO4S/c1-3-19-13(17)15(21-11-16,14(18)20-4-2)10-12-8-6-5-7-9-12/h5-9H,3-4,10H2,1-2H3. The van der Waals surface area contributed by atoms with Crippen LogP contribution >= 0.6 is 11.8 Å². The fraction of sp³-hybridized carbons (Fsp3) is 0.400. The molecule has 1 aromatic rings. The van der Waals surface area contributed by atoms with E-state index in [1.54, 1.807) is 38.1 Å². The number of nitriles is 1. The Kier molecular flexibility index (Phi) is 6.76. The average molecular weight is 307 g/mol. The molecule has 0 spiro atoms. The minimum absolute atomic E-state index is 0.0454. The number of hydrogen-bond acceptors (Lipinski definition) is 6. The number of thioether (sulfide) groups is 1. The average Bonchev–Trinajstić information content (AvgIpc) is 2.48. The summed E-state index contributed by atoms with van der Waals surface area (Å²) in [6.07, 6.45) is 0.0454. The van der Waals surface area contributed by atoms with E-state index in [9.17, 15) is 9.59 Å². The van der Waals surface area contributed by atoms with E-state index in [1.807, 2.05) is 11.5 Å². The second-order valence-electron chi connectivity index (χ2n) is 4.12. The molecule has 0 aliphatic rings. The molecule has 0 atom stereocenters. The molecule has 1 aromatic carbocycles. The van der Waals surface area contributed by atoms with E-state index < -0.39 is 16.7 Å². The fourth-order valence-electron chi connectivity index (χ4n) is 1.80. The van der Waals surface area contributed by atoms with Gasteiger partial charge in [-0.3, -0.25) is 0 Å². The van der Waals surface area contributed by atoms with Crippen molar-refractivity contribution in [1.29, 1.82) is 5.26 Å². The molecule has 21 heavy (non-hydrogen) atoms. The Balaban J connectivity index is 3.19. The van der Waals surface area contributed by atoms with E-state index in [2.05, 4.69) is 0 Å². The normalized spacial score (nSPS) is 10.5. The molecule has 0 heterocycles. The first-order valence-electron chi connectivity index (χ1n) is 6.56. The highest BCUT2D eigenvalue weighted by Gasteiger charge is 2.50. The van der Waals surface area contributed by atoms with Gasteiger partial charge in [-0.2, -0.15) is 5.26 Å². The van der Waals surface area contributed by atoms with Gasteiger partial charge in [0.25, 0.3) is 0 Å². The third-order valence-corrected chi connectivity index (χ3v) is 3.64. The quantitative estimate of drug-likeness (QED) is 0.437. The molecule has 0 aliphatic heterocycles. The second kappa shape index (κ2) is 8.32. The van der Waals surface area contributed by atoms with Crippen LogP contribution in [0.4, 0.5) is 0 Å². The molecule has 0 saturated carbocycles. The zero-order valence-electron chi connectivity index (χ0n) is 12.0. The highest BCUT2D eigenvalue weighted by Crippen LogP contribution is 2.32. The molecule has 1 rings (SSSR count). The van der Waals surface area contributed by atoms with E-state index in [0.717, 1.165) is 5.56 Å². The molecule has 112 valence electrons. The Bertz CT molecular complexity index is 506. The van der Waals surface area contributed by atoms with E-state index in [-0.39, 0.29) is 19.6 Å². The van der Waals surface area contributed by atoms with Crippen molar-refractivity contribution < 1.29 is 19.1 Å². The van der Waals surface area contributed by atoms with Gasteiger partial charge < -0.3 is 9.47 Å². The Labute approximate surface area is 128 Å². The van der Waals surface area contributed by atoms with Crippen LogP contribution in [0.2, 0.25) is 0 Å². The third-order valence-electron chi connectivity index (χ3n) is 2.73. The van der Waals surface area contributed by atoms with Crippen molar-refractivity contribution >= 4 is 23.7 Å². The van der Waals surface area contributed by atoms with Gasteiger partial charge in [0.05, 0.1) is 13.2 Å². The topological polar surface area (TPSA) is 76.4 Å². The molecule has 6 heteroatoms. The molecular formula is C15H17NO4S. The SMILES string of the molecule is CCOC(=O)C(Cc1ccccc1)(SC#N)C(=O)OCC. The van der Waals surface area contributed by atoms with Gasteiger partial charge in [-0.05, 0) is 31.2 Å². The molecule has 0 saturated heterocycles. The van der Waals surface area contributed by atoms with Crippen molar-refractivity contribution in [2.75, 3.05) is 13.2 Å². The molecule has 0 radical (unpaired) electrons. The number of rotatable bonds is 7. The van der Waals surface area contributed by atoms with Gasteiger partial charge in [0, 0.05) is 6.42 Å². The van der Waals surface area contributed by atoms with Crippen LogP contribution in [0, 0.1) is 10.7 Å². The molecule has 0 aromatic heterocycles. The van der Waals surface area contributed by atoms with E-state index >= 15 is 0 Å². The van der Waals surface area contributed by atoms with Crippen LogP contribution in [0.25, 0.3) is 0 Å². The Hall–Kier alpha value is -2.00. The van der Waals surface area contributed by atoms with Gasteiger partial charge in [-0.1, -0.05) is 30.3 Å². The highest BCUT2D eigenvalue weighted by molar-refractivity contribution is 8.06. The summed E-state index contributed by atoms with van der Waals surface area (Å²) in [5.41, 5.74) is 0.751. The molecule has 0 amide bonds. The lowest BCUT2D eigenvalue weighted by atomic mass is 9.98. The maximum Gasteiger partial charge on any atom is 0.335 e. The van der Waals surface area contributed by atoms with Crippen molar-refractivity contribution in [3.8, 4) is 5.40 Å². The lowest BCUT2D eigenvalue weighted by molar-refractivity contribution is -0.158. The van der Waals surface area contributed by atoms with Crippen molar-refractivity contribution in [3.05, 3.63) is 35.9 Å². The molecule has 0 fully saturated rings. The summed E-state index contributed by atoms with van der Waals surface area (Å²) >= 11 is 0.571. The van der Waals surface area contributed by atoms with Gasteiger partial charge in [-0.15, -0.1) is 0 Å². The summed E-state index contributed by atoms with van der Waals surface area (Å²) in [7, 11) is 0. The number of benzene rings is 1. The minimum Gasteiger partial charge on any atom is -0.464 e. The summed E-state index contributed by atoms with van der Waals surface area (Å²) in [5, 5.41) is 10.8. The number of nitrogens with zero attached hydrogens (tertiary/aromatic N) is 1. The second-order valence-corrected chi connectivity index (χ2v) is 5.21. The third kappa shape index (κ3) is 4.23. The zero-order chi connectivity index (χ0) is 15.7. The van der Waals surface area contributed by atoms with Crippen LogP contribution in [0.1, 0.15) is 19.4 Å². The van der Waals surface area contributed by atoms with Gasteiger partial charge in [0.15, 0.2) is 0 Å². The number of hydrogen-bond donors (Lipinski definition) is 0. The van der Waals surface area contributed by atoms with Crippen molar-refractivity contribution in [2.45, 2.75) is 25.0 Å². The highest BCUT2D eigenvalue weighted by atomic mass is 32.2. The molecule has 0 N–H and O–H groups in total. The van der Waals surface area contributed by atoms with Crippen LogP contribution in [-0.2, 0) is 25.5 Å². The Morgan fingerprint density at radius 1 is 1.14 bits per heavy atom. The number of thiocyanates is 1. The molecule has 5 nitrogen and oxygen atoms in total. The summed E-state index contributed by atoms with van der Waals surface area (Å²) in [4.78, 5) is 24.6. The minimum atomic E-state index is -1.69. The molecular weight excluding hydrogens is 290 g/mol. The van der Waals surface area contributed by atoms with Crippen molar-refractivity contribution in [3.63, 3.8) is 0 Å². The molecule has 0 unspecified atom stereocenters. The maximum absolute atomic E-state index is 12.3. The van der Waals surface area contributed by atoms with Crippen molar-refractivity contribution in [1.82, 2.24) is 0 Å². The van der Waals surface area contributed by atoms with Gasteiger partial charge in [-0.25, -0.2) is 9.59 Å². The number of ether oxygens (including phenoxy) is 2. The lowest BCUT2D eigenvalue weighted by Gasteiger charge is -2.25. The lowest BCUT2D eigenvalue weighted by Crippen LogP contribution is -2.47. The van der Waals surface area contributed by atoms with E-state index in [0.29, 0.717) is 11.8 Å². The number of esters is 2. The summed E-state index contributed by atoms with van der Waals surface area (Å²) in [5.74, 6) is -1.50. The predicted molar refractivity (Wildman–Crippen MR) is 79.3 cm³/mol. The Morgan fingerprint density at radius 2 is 1.67 bits per heavy atom. The van der Waals surface area contributed by atoms with E-state index in [1.165, 1.54) is 0 Å². The Morgan fingerprint density at radius 3 is 2.10 bits per heavy atom. The molecule has 0 bridgehead atoms. The van der Waals surface area contributed by atoms with E-state index in [4.69, 9.17) is 14.7 Å². The summed E-state index contributed by atoms with van der Waals surface area (Å²) in [6.45, 7) is 3.54. The number of carbonyl (C=O) groups is 2. The van der Waals surface area contributed by atoms with Crippen LogP contribution in [0.15, 0.2) is 30.3 Å². The first-order valence-corrected chi connectivity index (χ1v) is 7.37. The van der Waals surface area contributed by atoms with Gasteiger partial charge >= 0.3 is 11.9 Å². The number of carbonyl (C=O) groups excluding carboxylic acids is 2. The van der Waals surface area contributed by atoms with Crippen LogP contribution in [-0.4, -0.2) is 29.9 Å². The van der Waals surface area contributed by atoms with Crippen molar-refractivity contribution in [2.24, 2.45) is 0 Å². The first-order chi connectivity index (χ1) is 10.1. The van der Waals surface area contributed by atoms with Crippen LogP contribution in [0.5, 0.6) is 0 Å². The van der Waals surface area contributed by atoms with Gasteiger partial charge in [0.2, 0.25) is 4.75 Å². The predicted octanol–water partition coefficient (Wildman–Crippen LogP) is 2.31. The largest absolute Gasteiger partial charge is 0.464 e. The monoisotopic (exact) mass is 307 g/mol. The summed E-state index contributed by atoms with van der Waals surface area (Å²) < 4.78 is 8.28. The first kappa shape index (κ1) is 17.1. The van der Waals surface area contributed by atoms with Crippen LogP contribution < -0.4 is 0 Å². The smallest absolute Gasteiger partial charge is 0.335 e. The zero-order valence-corrected chi connectivity index (χ0v) is 12.8. The van der Waals surface area contributed by atoms with Crippen LogP contribution in [0.3, 0.4) is 0 Å².